The van der Waals surface area contributed by atoms with Gasteiger partial charge in [0.1, 0.15) is 5.71 Å². The zero-order valence-corrected chi connectivity index (χ0v) is 8.86. The first-order valence-corrected chi connectivity index (χ1v) is 4.53. The van der Waals surface area contributed by atoms with Gasteiger partial charge in [-0.3, -0.25) is 0 Å². The molecular formula is C8H11F3N2O4. The van der Waals surface area contributed by atoms with Gasteiger partial charge in [-0.25, -0.2) is 4.79 Å². The minimum atomic E-state index is -4.48. The molecule has 0 fully saturated rings. The third kappa shape index (κ3) is 5.73. The van der Waals surface area contributed by atoms with E-state index >= 15 is 0 Å². The second-order valence-electron chi connectivity index (χ2n) is 2.83. The molecule has 0 saturated carbocycles. The number of carbonyl (C=O) groups excluding carboxylic acids is 1. The van der Waals surface area contributed by atoms with Gasteiger partial charge in [0, 0.05) is 12.8 Å². The van der Waals surface area contributed by atoms with Crippen molar-refractivity contribution in [3.05, 3.63) is 0 Å². The van der Waals surface area contributed by atoms with Crippen molar-refractivity contribution in [1.82, 2.24) is 0 Å². The fourth-order valence-corrected chi connectivity index (χ4v) is 0.892. The van der Waals surface area contributed by atoms with Crippen LogP contribution in [0.4, 0.5) is 13.2 Å². The van der Waals surface area contributed by atoms with Crippen molar-refractivity contribution in [3.63, 3.8) is 0 Å². The van der Waals surface area contributed by atoms with Crippen LogP contribution >= 0.6 is 0 Å². The fraction of sp³-hybridized carbons (Fsp3) is 0.625. The molecule has 0 saturated heterocycles. The van der Waals surface area contributed by atoms with E-state index in [0.717, 1.165) is 0 Å². The minimum Gasteiger partial charge on any atom is -0.461 e. The quantitative estimate of drug-likeness (QED) is 0.338. The normalized spacial score (nSPS) is 13.6. The molecule has 0 heterocycles. The number of esters is 1. The predicted molar refractivity (Wildman–Crippen MR) is 50.4 cm³/mol. The zero-order valence-electron chi connectivity index (χ0n) is 8.86. The predicted octanol–water partition coefficient (Wildman–Crippen LogP) is 1.55. The van der Waals surface area contributed by atoms with Crippen LogP contribution in [0.1, 0.15) is 19.8 Å². The molecule has 6 nitrogen and oxygen atoms in total. The Bertz CT molecular complexity index is 325. The first kappa shape index (κ1) is 15.2. The smallest absolute Gasteiger partial charge is 0.389 e. The summed E-state index contributed by atoms with van der Waals surface area (Å²) in [4.78, 5) is 11.1. The van der Waals surface area contributed by atoms with Gasteiger partial charge in [0.25, 0.3) is 0 Å². The lowest BCUT2D eigenvalue weighted by atomic mass is 10.1. The Morgan fingerprint density at radius 2 is 1.88 bits per heavy atom. The maximum Gasteiger partial charge on any atom is 0.389 e. The molecule has 0 aromatic carbocycles. The SMILES string of the molecule is CCOC(=O)C(=N/O)/C(CCC(F)(F)F)=N/O. The summed E-state index contributed by atoms with van der Waals surface area (Å²) >= 11 is 0. The Morgan fingerprint density at radius 1 is 1.29 bits per heavy atom. The van der Waals surface area contributed by atoms with Crippen LogP contribution in [0.5, 0.6) is 0 Å². The highest BCUT2D eigenvalue weighted by Crippen LogP contribution is 2.21. The maximum absolute atomic E-state index is 11.9. The van der Waals surface area contributed by atoms with Gasteiger partial charge >= 0.3 is 12.1 Å². The van der Waals surface area contributed by atoms with Gasteiger partial charge < -0.3 is 15.2 Å². The summed E-state index contributed by atoms with van der Waals surface area (Å²) in [6.07, 6.45) is -6.59. The van der Waals surface area contributed by atoms with Crippen LogP contribution in [0, 0.1) is 0 Å². The van der Waals surface area contributed by atoms with E-state index in [1.54, 1.807) is 0 Å². The molecule has 0 amide bonds. The topological polar surface area (TPSA) is 91.5 Å². The molecule has 2 N–H and O–H groups in total. The Morgan fingerprint density at radius 3 is 2.24 bits per heavy atom. The van der Waals surface area contributed by atoms with Gasteiger partial charge in [-0.2, -0.15) is 13.2 Å². The first-order chi connectivity index (χ1) is 7.85. The van der Waals surface area contributed by atoms with Gasteiger partial charge in [-0.05, 0) is 6.92 Å². The maximum atomic E-state index is 11.9. The lowest BCUT2D eigenvalue weighted by molar-refractivity contribution is -0.135. The minimum absolute atomic E-state index is 0.0597. The molecule has 0 atom stereocenters. The van der Waals surface area contributed by atoms with Crippen LogP contribution in [-0.2, 0) is 9.53 Å². The number of nitrogens with zero attached hydrogens (tertiary/aromatic N) is 2. The monoisotopic (exact) mass is 256 g/mol. The van der Waals surface area contributed by atoms with Crippen molar-refractivity contribution < 1.29 is 33.1 Å². The average Bonchev–Trinajstić information content (AvgIpc) is 2.22. The number of oxime groups is 2. The number of halogens is 3. The van der Waals surface area contributed by atoms with Crippen LogP contribution in [0.25, 0.3) is 0 Å². The van der Waals surface area contributed by atoms with Crippen molar-refractivity contribution in [2.75, 3.05) is 6.61 Å². The van der Waals surface area contributed by atoms with E-state index in [9.17, 15) is 18.0 Å². The number of hydrogen-bond acceptors (Lipinski definition) is 6. The Labute approximate surface area is 94.4 Å². The molecule has 0 aliphatic carbocycles. The molecule has 0 unspecified atom stereocenters. The van der Waals surface area contributed by atoms with E-state index in [1.165, 1.54) is 6.92 Å². The molecule has 0 aromatic rings. The van der Waals surface area contributed by atoms with Crippen LogP contribution in [0.3, 0.4) is 0 Å². The van der Waals surface area contributed by atoms with Gasteiger partial charge in [-0.15, -0.1) is 0 Å². The fourth-order valence-electron chi connectivity index (χ4n) is 0.892. The number of alkyl halides is 3. The van der Waals surface area contributed by atoms with E-state index in [1.807, 2.05) is 0 Å². The molecule has 98 valence electrons. The van der Waals surface area contributed by atoms with Gasteiger partial charge in [0.15, 0.2) is 0 Å². The highest BCUT2D eigenvalue weighted by molar-refractivity contribution is 6.65. The van der Waals surface area contributed by atoms with Crippen molar-refractivity contribution in [2.45, 2.75) is 25.9 Å². The number of rotatable bonds is 5. The van der Waals surface area contributed by atoms with Crippen LogP contribution in [0.15, 0.2) is 10.3 Å². The van der Waals surface area contributed by atoms with Crippen LogP contribution in [0.2, 0.25) is 0 Å². The third-order valence-electron chi connectivity index (χ3n) is 1.61. The first-order valence-electron chi connectivity index (χ1n) is 4.53. The summed E-state index contributed by atoms with van der Waals surface area (Å²) in [6, 6.07) is 0. The number of carbonyl (C=O) groups is 1. The van der Waals surface area contributed by atoms with E-state index in [4.69, 9.17) is 10.4 Å². The Kier molecular flexibility index (Phi) is 6.00. The zero-order chi connectivity index (χ0) is 13.5. The highest BCUT2D eigenvalue weighted by Gasteiger charge is 2.30. The largest absolute Gasteiger partial charge is 0.461 e. The lowest BCUT2D eigenvalue weighted by Gasteiger charge is -2.08. The molecule has 0 aliphatic rings. The summed E-state index contributed by atoms with van der Waals surface area (Å²) in [7, 11) is 0. The van der Waals surface area contributed by atoms with Crippen molar-refractivity contribution in [1.29, 1.82) is 0 Å². The van der Waals surface area contributed by atoms with Crippen LogP contribution < -0.4 is 0 Å². The van der Waals surface area contributed by atoms with Gasteiger partial charge in [0.05, 0.1) is 6.61 Å². The second kappa shape index (κ2) is 6.71. The second-order valence-corrected chi connectivity index (χ2v) is 2.83. The molecule has 0 spiro atoms. The standard InChI is InChI=1S/C8H11F3N2O4/c1-2-17-7(14)6(13-16)5(12-15)3-4-8(9,10)11/h15-16H,2-4H2,1H3/b12-5+,13-6+. The molecule has 0 radical (unpaired) electrons. The Hall–Kier alpha value is -1.80. The number of hydrogen-bond donors (Lipinski definition) is 2. The van der Waals surface area contributed by atoms with Crippen molar-refractivity contribution in [3.8, 4) is 0 Å². The van der Waals surface area contributed by atoms with Crippen molar-refractivity contribution >= 4 is 17.4 Å². The third-order valence-corrected chi connectivity index (χ3v) is 1.61. The molecule has 0 bridgehead atoms. The summed E-state index contributed by atoms with van der Waals surface area (Å²) < 4.78 is 40.1. The molecule has 0 aliphatic heterocycles. The van der Waals surface area contributed by atoms with Gasteiger partial charge in [-0.1, -0.05) is 10.3 Å². The van der Waals surface area contributed by atoms with E-state index < -0.39 is 36.4 Å². The van der Waals surface area contributed by atoms with Crippen molar-refractivity contribution in [2.24, 2.45) is 10.3 Å². The lowest BCUT2D eigenvalue weighted by Crippen LogP contribution is -2.28. The molecule has 0 rings (SSSR count). The van der Waals surface area contributed by atoms with Crippen LogP contribution in [-0.4, -0.2) is 40.6 Å². The van der Waals surface area contributed by atoms with Gasteiger partial charge in [0.2, 0.25) is 5.71 Å². The highest BCUT2D eigenvalue weighted by atomic mass is 19.4. The Balaban J connectivity index is 4.70. The molecular weight excluding hydrogens is 245 g/mol. The average molecular weight is 256 g/mol. The molecule has 9 heteroatoms. The van der Waals surface area contributed by atoms with E-state index in [2.05, 4.69) is 15.0 Å². The summed E-state index contributed by atoms with van der Waals surface area (Å²) in [6.45, 7) is 1.40. The van der Waals surface area contributed by atoms with E-state index in [-0.39, 0.29) is 6.61 Å². The van der Waals surface area contributed by atoms with E-state index in [0.29, 0.717) is 0 Å². The summed E-state index contributed by atoms with van der Waals surface area (Å²) in [5, 5.41) is 21.9. The number of ether oxygens (including phenoxy) is 1. The molecule has 17 heavy (non-hydrogen) atoms. The summed E-state index contributed by atoms with van der Waals surface area (Å²) in [5.74, 6) is -1.16. The summed E-state index contributed by atoms with van der Waals surface area (Å²) in [5.41, 5.74) is -1.54. The molecule has 0 aromatic heterocycles.